The van der Waals surface area contributed by atoms with Crippen LogP contribution in [0.4, 0.5) is 4.39 Å². The monoisotopic (exact) mass is 484 g/mol. The fraction of sp³-hybridized carbons (Fsp3) is 0.296. The predicted molar refractivity (Wildman–Crippen MR) is 132 cm³/mol. The molecule has 3 aromatic rings. The van der Waals surface area contributed by atoms with Crippen LogP contribution in [-0.2, 0) is 6.42 Å². The van der Waals surface area contributed by atoms with Gasteiger partial charge in [0.05, 0.1) is 23.3 Å². The Labute approximate surface area is 204 Å². The standard InChI is InChI=1S/C27H27Cl2FN2O/c1-17(32-26(27(2,3)33)23-12-11-22(29)15-25(23)30)24(14-18-7-9-21(28)10-8-18)20-6-4-5-19(13-20)16-31/h4-13,15,17,24,26,32-33H,14H2,1-3H3/t17?,24?,26-/m0/s1. The average molecular weight is 485 g/mol. The predicted octanol–water partition coefficient (Wildman–Crippen LogP) is 6.82. The van der Waals surface area contributed by atoms with Crippen LogP contribution in [0.2, 0.25) is 10.0 Å². The molecule has 0 saturated heterocycles. The molecule has 3 rings (SSSR count). The Kier molecular flexibility index (Phi) is 8.15. The molecule has 0 aliphatic rings. The van der Waals surface area contributed by atoms with E-state index in [1.165, 1.54) is 6.07 Å². The number of hydrogen-bond donors (Lipinski definition) is 2. The van der Waals surface area contributed by atoms with Crippen LogP contribution in [0.3, 0.4) is 0 Å². The molecule has 0 spiro atoms. The Morgan fingerprint density at radius 3 is 2.30 bits per heavy atom. The van der Waals surface area contributed by atoms with Gasteiger partial charge in [-0.25, -0.2) is 4.39 Å². The van der Waals surface area contributed by atoms with Crippen molar-refractivity contribution >= 4 is 23.2 Å². The molecule has 2 N–H and O–H groups in total. The van der Waals surface area contributed by atoms with Crippen LogP contribution in [0, 0.1) is 17.1 Å². The van der Waals surface area contributed by atoms with E-state index in [1.54, 1.807) is 32.0 Å². The van der Waals surface area contributed by atoms with Gasteiger partial charge in [0, 0.05) is 27.6 Å². The number of hydrogen-bond acceptors (Lipinski definition) is 3. The van der Waals surface area contributed by atoms with E-state index in [0.717, 1.165) is 11.1 Å². The Balaban J connectivity index is 1.98. The van der Waals surface area contributed by atoms with Crippen LogP contribution >= 0.6 is 23.2 Å². The summed E-state index contributed by atoms with van der Waals surface area (Å²) in [6.07, 6.45) is 0.669. The quantitative estimate of drug-likeness (QED) is 0.368. The van der Waals surface area contributed by atoms with E-state index in [0.29, 0.717) is 27.6 Å². The lowest BCUT2D eigenvalue weighted by Crippen LogP contribution is -2.45. The summed E-state index contributed by atoms with van der Waals surface area (Å²) in [6, 6.07) is 20.9. The van der Waals surface area contributed by atoms with E-state index in [1.807, 2.05) is 49.4 Å². The first-order valence-corrected chi connectivity index (χ1v) is 11.5. The van der Waals surface area contributed by atoms with Crippen molar-refractivity contribution in [2.45, 2.75) is 50.8 Å². The minimum absolute atomic E-state index is 0.0558. The molecule has 0 heterocycles. The Bertz CT molecular complexity index is 1140. The van der Waals surface area contributed by atoms with Crippen molar-refractivity contribution in [3.05, 3.63) is 105 Å². The van der Waals surface area contributed by atoms with Crippen LogP contribution in [0.25, 0.3) is 0 Å². The highest BCUT2D eigenvalue weighted by Gasteiger charge is 2.33. The Hall–Kier alpha value is -2.42. The second kappa shape index (κ2) is 10.7. The Morgan fingerprint density at radius 1 is 1.03 bits per heavy atom. The number of rotatable bonds is 8. The van der Waals surface area contributed by atoms with Crippen molar-refractivity contribution < 1.29 is 9.50 Å². The van der Waals surface area contributed by atoms with Crippen molar-refractivity contribution in [1.29, 1.82) is 5.26 Å². The first-order valence-electron chi connectivity index (χ1n) is 10.8. The highest BCUT2D eigenvalue weighted by atomic mass is 35.5. The van der Waals surface area contributed by atoms with Crippen molar-refractivity contribution in [2.24, 2.45) is 0 Å². The summed E-state index contributed by atoms with van der Waals surface area (Å²) >= 11 is 12.0. The van der Waals surface area contributed by atoms with E-state index in [-0.39, 0.29) is 12.0 Å². The molecule has 0 bridgehead atoms. The maximum Gasteiger partial charge on any atom is 0.129 e. The van der Waals surface area contributed by atoms with E-state index >= 15 is 0 Å². The van der Waals surface area contributed by atoms with Crippen LogP contribution < -0.4 is 5.32 Å². The second-order valence-corrected chi connectivity index (χ2v) is 9.76. The third-order valence-electron chi connectivity index (χ3n) is 5.83. The van der Waals surface area contributed by atoms with Crippen molar-refractivity contribution in [3.63, 3.8) is 0 Å². The maximum absolute atomic E-state index is 14.8. The molecule has 0 aliphatic carbocycles. The van der Waals surface area contributed by atoms with Crippen LogP contribution in [0.1, 0.15) is 55.0 Å². The minimum Gasteiger partial charge on any atom is -0.388 e. The van der Waals surface area contributed by atoms with Crippen LogP contribution in [-0.4, -0.2) is 16.7 Å². The second-order valence-electron chi connectivity index (χ2n) is 8.88. The summed E-state index contributed by atoms with van der Waals surface area (Å²) in [5, 5.41) is 24.7. The summed E-state index contributed by atoms with van der Waals surface area (Å²) in [5.74, 6) is -0.533. The molecule has 172 valence electrons. The third kappa shape index (κ3) is 6.56. The van der Waals surface area contributed by atoms with E-state index in [2.05, 4.69) is 11.4 Å². The molecule has 6 heteroatoms. The topological polar surface area (TPSA) is 56.0 Å². The van der Waals surface area contributed by atoms with E-state index in [4.69, 9.17) is 23.2 Å². The smallest absolute Gasteiger partial charge is 0.129 e. The third-order valence-corrected chi connectivity index (χ3v) is 6.31. The molecular weight excluding hydrogens is 458 g/mol. The summed E-state index contributed by atoms with van der Waals surface area (Å²) in [5.41, 5.74) is 1.73. The molecule has 2 unspecified atom stereocenters. The highest BCUT2D eigenvalue weighted by Crippen LogP contribution is 2.33. The molecule has 0 amide bonds. The van der Waals surface area contributed by atoms with Gasteiger partial charge >= 0.3 is 0 Å². The van der Waals surface area contributed by atoms with E-state index < -0.39 is 17.5 Å². The maximum atomic E-state index is 14.8. The zero-order valence-electron chi connectivity index (χ0n) is 18.8. The number of halogens is 3. The molecule has 0 saturated carbocycles. The largest absolute Gasteiger partial charge is 0.388 e. The minimum atomic E-state index is -1.25. The molecule has 33 heavy (non-hydrogen) atoms. The van der Waals surface area contributed by atoms with Crippen molar-refractivity contribution in [3.8, 4) is 6.07 Å². The zero-order valence-corrected chi connectivity index (χ0v) is 20.3. The van der Waals surface area contributed by atoms with Gasteiger partial charge in [-0.05, 0) is 74.7 Å². The highest BCUT2D eigenvalue weighted by molar-refractivity contribution is 6.30. The molecule has 0 fully saturated rings. The summed E-state index contributed by atoms with van der Waals surface area (Å²) < 4.78 is 14.8. The normalized spacial score (nSPS) is 14.4. The van der Waals surface area contributed by atoms with Gasteiger partial charge in [-0.3, -0.25) is 0 Å². The van der Waals surface area contributed by atoms with Crippen molar-refractivity contribution in [2.75, 3.05) is 0 Å². The molecule has 3 nitrogen and oxygen atoms in total. The van der Waals surface area contributed by atoms with Crippen LogP contribution in [0.5, 0.6) is 0 Å². The lowest BCUT2D eigenvalue weighted by atomic mass is 9.83. The summed E-state index contributed by atoms with van der Waals surface area (Å²) in [6.45, 7) is 5.30. The molecule has 3 aromatic carbocycles. The number of nitrogens with one attached hydrogen (secondary N) is 1. The fourth-order valence-corrected chi connectivity index (χ4v) is 4.37. The summed E-state index contributed by atoms with van der Waals surface area (Å²) in [4.78, 5) is 0. The van der Waals surface area contributed by atoms with Gasteiger partial charge < -0.3 is 10.4 Å². The molecule has 0 radical (unpaired) electrons. The van der Waals surface area contributed by atoms with Gasteiger partial charge in [-0.2, -0.15) is 5.26 Å². The SMILES string of the molecule is CC(N[C@@H](c1ccc(Cl)cc1F)C(C)(C)O)C(Cc1ccc(Cl)cc1)c1cccc(C#N)c1. The number of benzene rings is 3. The van der Waals surface area contributed by atoms with Crippen molar-refractivity contribution in [1.82, 2.24) is 5.32 Å². The van der Waals surface area contributed by atoms with Gasteiger partial charge in [0.1, 0.15) is 5.82 Å². The zero-order chi connectivity index (χ0) is 24.2. The first kappa shape index (κ1) is 25.2. The number of aliphatic hydroxyl groups is 1. The van der Waals surface area contributed by atoms with Gasteiger partial charge in [0.15, 0.2) is 0 Å². The van der Waals surface area contributed by atoms with Gasteiger partial charge in [0.25, 0.3) is 0 Å². The number of nitrogens with zero attached hydrogens (tertiary/aromatic N) is 1. The lowest BCUT2D eigenvalue weighted by molar-refractivity contribution is 0.0303. The first-order chi connectivity index (χ1) is 15.6. The fourth-order valence-electron chi connectivity index (χ4n) is 4.09. The van der Waals surface area contributed by atoms with Gasteiger partial charge in [0.2, 0.25) is 0 Å². The van der Waals surface area contributed by atoms with Gasteiger partial charge in [-0.1, -0.05) is 53.5 Å². The molecule has 0 aromatic heterocycles. The molecule has 0 aliphatic heterocycles. The van der Waals surface area contributed by atoms with E-state index in [9.17, 15) is 14.8 Å². The molecular formula is C27H27Cl2FN2O. The summed E-state index contributed by atoms with van der Waals surface area (Å²) in [7, 11) is 0. The van der Waals surface area contributed by atoms with Crippen LogP contribution in [0.15, 0.2) is 66.7 Å². The average Bonchev–Trinajstić information content (AvgIpc) is 2.76. The van der Waals surface area contributed by atoms with Gasteiger partial charge in [-0.15, -0.1) is 0 Å². The Morgan fingerprint density at radius 2 is 1.70 bits per heavy atom. The number of nitriles is 1. The lowest BCUT2D eigenvalue weighted by Gasteiger charge is -2.36. The molecule has 3 atom stereocenters.